The van der Waals surface area contributed by atoms with Crippen molar-refractivity contribution in [1.82, 2.24) is 9.88 Å². The molecule has 1 saturated heterocycles. The smallest absolute Gasteiger partial charge is 0.323 e. The summed E-state index contributed by atoms with van der Waals surface area (Å²) in [6, 6.07) is 1.67. The van der Waals surface area contributed by atoms with E-state index in [1.54, 1.807) is 4.90 Å². The molecule has 1 fully saturated rings. The number of rotatable bonds is 2. The molecular formula is C16H21N3O3. The molecule has 2 amide bonds. The molecule has 2 unspecified atom stereocenters. The summed E-state index contributed by atoms with van der Waals surface area (Å²) in [6.45, 7) is 2.82. The molecular weight excluding hydrogens is 282 g/mol. The molecule has 1 aliphatic carbocycles. The van der Waals surface area contributed by atoms with E-state index >= 15 is 0 Å². The average molecular weight is 303 g/mol. The fourth-order valence-electron chi connectivity index (χ4n) is 3.41. The van der Waals surface area contributed by atoms with Gasteiger partial charge in [0, 0.05) is 19.3 Å². The van der Waals surface area contributed by atoms with Gasteiger partial charge in [-0.3, -0.25) is 10.1 Å². The molecule has 3 rings (SSSR count). The lowest BCUT2D eigenvalue weighted by molar-refractivity contribution is -0.143. The number of urea groups is 1. The summed E-state index contributed by atoms with van der Waals surface area (Å²) in [5, 5.41) is 12.0. The van der Waals surface area contributed by atoms with E-state index in [2.05, 4.69) is 10.3 Å². The normalized spacial score (nSPS) is 24.0. The maximum Gasteiger partial charge on any atom is 0.323 e. The molecule has 6 nitrogen and oxygen atoms in total. The Balaban J connectivity index is 1.67. The Kier molecular flexibility index (Phi) is 4.00. The minimum absolute atomic E-state index is 0.188. The number of aliphatic carboxylic acids is 1. The number of pyridine rings is 1. The summed E-state index contributed by atoms with van der Waals surface area (Å²) in [6.07, 6.45) is 5.68. The van der Waals surface area contributed by atoms with Gasteiger partial charge in [-0.1, -0.05) is 6.92 Å². The first-order valence-corrected chi connectivity index (χ1v) is 7.79. The van der Waals surface area contributed by atoms with Gasteiger partial charge in [-0.05, 0) is 48.8 Å². The minimum atomic E-state index is -0.833. The third-order valence-electron chi connectivity index (χ3n) is 4.51. The Hall–Kier alpha value is -2.11. The number of nitrogens with zero attached hydrogens (tertiary/aromatic N) is 2. The maximum atomic E-state index is 12.4. The number of aryl methyl sites for hydroxylation is 2. The largest absolute Gasteiger partial charge is 0.481 e. The van der Waals surface area contributed by atoms with Gasteiger partial charge in [-0.15, -0.1) is 0 Å². The van der Waals surface area contributed by atoms with Crippen LogP contribution in [0.2, 0.25) is 0 Å². The van der Waals surface area contributed by atoms with Crippen LogP contribution in [0.1, 0.15) is 30.9 Å². The zero-order valence-corrected chi connectivity index (χ0v) is 12.7. The number of carboxylic acid groups (broad SMARTS) is 1. The second kappa shape index (κ2) is 5.94. The highest BCUT2D eigenvalue weighted by Crippen LogP contribution is 2.25. The molecule has 6 heteroatoms. The van der Waals surface area contributed by atoms with Crippen molar-refractivity contribution in [3.8, 4) is 0 Å². The molecule has 0 radical (unpaired) electrons. The van der Waals surface area contributed by atoms with Gasteiger partial charge in [0.2, 0.25) is 0 Å². The van der Waals surface area contributed by atoms with Crippen LogP contribution in [-0.4, -0.2) is 40.1 Å². The number of piperidine rings is 1. The average Bonchev–Trinajstić information content (AvgIpc) is 2.94. The van der Waals surface area contributed by atoms with Crippen molar-refractivity contribution in [2.24, 2.45) is 11.8 Å². The van der Waals surface area contributed by atoms with Gasteiger partial charge in [-0.2, -0.15) is 0 Å². The van der Waals surface area contributed by atoms with Crippen LogP contribution < -0.4 is 5.32 Å². The summed E-state index contributed by atoms with van der Waals surface area (Å²) in [4.78, 5) is 29.4. The van der Waals surface area contributed by atoms with E-state index in [1.165, 1.54) is 11.1 Å². The number of fused-ring (bicyclic) bond motifs is 1. The molecule has 1 aromatic heterocycles. The lowest BCUT2D eigenvalue weighted by Gasteiger charge is -2.34. The molecule has 1 aliphatic heterocycles. The van der Waals surface area contributed by atoms with Crippen LogP contribution in [0.5, 0.6) is 0 Å². The predicted octanol–water partition coefficient (Wildman–Crippen LogP) is 2.14. The number of carboxylic acids is 1. The number of aromatic nitrogens is 1. The minimum Gasteiger partial charge on any atom is -0.481 e. The van der Waals surface area contributed by atoms with E-state index in [0.717, 1.165) is 19.3 Å². The number of amides is 2. The van der Waals surface area contributed by atoms with E-state index in [0.29, 0.717) is 18.8 Å². The van der Waals surface area contributed by atoms with E-state index < -0.39 is 11.9 Å². The molecule has 22 heavy (non-hydrogen) atoms. The Bertz CT molecular complexity index is 602. The van der Waals surface area contributed by atoms with Crippen molar-refractivity contribution < 1.29 is 14.7 Å². The first-order chi connectivity index (χ1) is 10.5. The summed E-state index contributed by atoms with van der Waals surface area (Å²) in [5.74, 6) is -0.577. The van der Waals surface area contributed by atoms with Crippen LogP contribution in [0.15, 0.2) is 12.3 Å². The highest BCUT2D eigenvalue weighted by atomic mass is 16.4. The zero-order valence-electron chi connectivity index (χ0n) is 12.7. The summed E-state index contributed by atoms with van der Waals surface area (Å²) in [7, 11) is 0. The van der Waals surface area contributed by atoms with Crippen LogP contribution >= 0.6 is 0 Å². The molecule has 1 aromatic rings. The number of anilines is 1. The molecule has 0 spiro atoms. The number of nitrogens with one attached hydrogen (secondary N) is 1. The SMILES string of the molecule is CC1CC(C(=O)O)CN(C(=O)Nc2cc3c(cn2)CCC3)C1. The van der Waals surface area contributed by atoms with E-state index in [9.17, 15) is 14.7 Å². The van der Waals surface area contributed by atoms with Crippen LogP contribution in [0.4, 0.5) is 10.6 Å². The summed E-state index contributed by atoms with van der Waals surface area (Å²) < 4.78 is 0. The monoisotopic (exact) mass is 303 g/mol. The van der Waals surface area contributed by atoms with Gasteiger partial charge in [-0.25, -0.2) is 9.78 Å². The van der Waals surface area contributed by atoms with Gasteiger partial charge < -0.3 is 10.0 Å². The fourth-order valence-corrected chi connectivity index (χ4v) is 3.41. The third-order valence-corrected chi connectivity index (χ3v) is 4.51. The summed E-state index contributed by atoms with van der Waals surface area (Å²) in [5.41, 5.74) is 2.51. The molecule has 0 bridgehead atoms. The van der Waals surface area contributed by atoms with E-state index in [4.69, 9.17) is 0 Å². The molecule has 2 N–H and O–H groups in total. The molecule has 0 aromatic carbocycles. The van der Waals surface area contributed by atoms with Gasteiger partial charge in [0.15, 0.2) is 0 Å². The highest BCUT2D eigenvalue weighted by Gasteiger charge is 2.32. The first kappa shape index (κ1) is 14.8. The number of hydrogen-bond acceptors (Lipinski definition) is 3. The van der Waals surface area contributed by atoms with Gasteiger partial charge >= 0.3 is 12.0 Å². The van der Waals surface area contributed by atoms with Crippen molar-refractivity contribution in [2.75, 3.05) is 18.4 Å². The van der Waals surface area contributed by atoms with Crippen LogP contribution in [0.25, 0.3) is 0 Å². The highest BCUT2D eigenvalue weighted by molar-refractivity contribution is 5.89. The topological polar surface area (TPSA) is 82.5 Å². The zero-order chi connectivity index (χ0) is 15.7. The van der Waals surface area contributed by atoms with Crippen LogP contribution in [0.3, 0.4) is 0 Å². The van der Waals surface area contributed by atoms with Crippen molar-refractivity contribution in [2.45, 2.75) is 32.6 Å². The Morgan fingerprint density at radius 2 is 2.09 bits per heavy atom. The number of hydrogen-bond donors (Lipinski definition) is 2. The Morgan fingerprint density at radius 1 is 1.32 bits per heavy atom. The molecule has 118 valence electrons. The van der Waals surface area contributed by atoms with Crippen molar-refractivity contribution in [1.29, 1.82) is 0 Å². The number of carbonyl (C=O) groups excluding carboxylic acids is 1. The third kappa shape index (κ3) is 3.05. The second-order valence-corrected chi connectivity index (χ2v) is 6.40. The Labute approximate surface area is 129 Å². The summed E-state index contributed by atoms with van der Waals surface area (Å²) >= 11 is 0. The standard InChI is InChI=1S/C16H21N3O3/c1-10-5-13(15(20)21)9-19(8-10)16(22)18-14-6-11-3-2-4-12(11)7-17-14/h6-7,10,13H,2-5,8-9H2,1H3,(H,20,21)(H,17,18,22). The number of likely N-dealkylation sites (tertiary alicyclic amines) is 1. The molecule has 2 heterocycles. The molecule has 2 aliphatic rings. The molecule has 0 saturated carbocycles. The van der Waals surface area contributed by atoms with Gasteiger partial charge in [0.1, 0.15) is 5.82 Å². The lowest BCUT2D eigenvalue weighted by atomic mass is 9.91. The molecule has 2 atom stereocenters. The van der Waals surface area contributed by atoms with Crippen LogP contribution in [-0.2, 0) is 17.6 Å². The lowest BCUT2D eigenvalue weighted by Crippen LogP contribution is -2.47. The van der Waals surface area contributed by atoms with Crippen LogP contribution in [0, 0.1) is 11.8 Å². The second-order valence-electron chi connectivity index (χ2n) is 6.40. The Morgan fingerprint density at radius 3 is 2.86 bits per heavy atom. The number of carbonyl (C=O) groups is 2. The van der Waals surface area contributed by atoms with E-state index in [-0.39, 0.29) is 18.5 Å². The van der Waals surface area contributed by atoms with Crippen molar-refractivity contribution in [3.63, 3.8) is 0 Å². The maximum absolute atomic E-state index is 12.4. The predicted molar refractivity (Wildman–Crippen MR) is 81.8 cm³/mol. The van der Waals surface area contributed by atoms with Crippen molar-refractivity contribution in [3.05, 3.63) is 23.4 Å². The first-order valence-electron chi connectivity index (χ1n) is 7.79. The fraction of sp³-hybridized carbons (Fsp3) is 0.562. The van der Waals surface area contributed by atoms with Gasteiger partial charge in [0.05, 0.1) is 5.92 Å². The quantitative estimate of drug-likeness (QED) is 0.877. The van der Waals surface area contributed by atoms with Gasteiger partial charge in [0.25, 0.3) is 0 Å². The van der Waals surface area contributed by atoms with E-state index in [1.807, 2.05) is 19.2 Å². The van der Waals surface area contributed by atoms with Crippen molar-refractivity contribution >= 4 is 17.8 Å².